The number of carbonyl (C=O) groups is 1. The number of benzene rings is 2. The lowest BCUT2D eigenvalue weighted by Crippen LogP contribution is -2.26. The van der Waals surface area contributed by atoms with Crippen LogP contribution in [0.4, 0.5) is 5.69 Å². The summed E-state index contributed by atoms with van der Waals surface area (Å²) in [4.78, 5) is 10.8. The standard InChI is InChI=1S/C16H16ClNO4/c17-14-8-11(16(20)21)6-7-15(14)22-10-13(19)9-18-12-4-2-1-3-5-12/h1-8,13,18-19H,9-10H2,(H,20,21). The van der Waals surface area contributed by atoms with Crippen molar-refractivity contribution in [3.63, 3.8) is 0 Å². The number of para-hydroxylation sites is 1. The molecule has 2 aromatic carbocycles. The maximum Gasteiger partial charge on any atom is 0.335 e. The van der Waals surface area contributed by atoms with E-state index in [-0.39, 0.29) is 17.2 Å². The first-order valence-corrected chi connectivity index (χ1v) is 7.06. The molecule has 116 valence electrons. The second kappa shape index (κ2) is 7.68. The van der Waals surface area contributed by atoms with Crippen molar-refractivity contribution in [3.05, 3.63) is 59.1 Å². The fraction of sp³-hybridized carbons (Fsp3) is 0.188. The van der Waals surface area contributed by atoms with Crippen LogP contribution in [-0.2, 0) is 0 Å². The second-order valence-electron chi connectivity index (χ2n) is 4.66. The number of anilines is 1. The van der Waals surface area contributed by atoms with Crippen LogP contribution >= 0.6 is 11.6 Å². The lowest BCUT2D eigenvalue weighted by Gasteiger charge is -2.15. The Bertz CT molecular complexity index is 633. The molecule has 3 N–H and O–H groups in total. The SMILES string of the molecule is O=C(O)c1ccc(OCC(O)CNc2ccccc2)c(Cl)c1. The third-order valence-electron chi connectivity index (χ3n) is 2.93. The summed E-state index contributed by atoms with van der Waals surface area (Å²) in [6.45, 7) is 0.376. The van der Waals surface area contributed by atoms with E-state index >= 15 is 0 Å². The van der Waals surface area contributed by atoms with Crippen molar-refractivity contribution in [3.8, 4) is 5.75 Å². The zero-order valence-corrected chi connectivity index (χ0v) is 12.5. The Hall–Kier alpha value is -2.24. The van der Waals surface area contributed by atoms with Gasteiger partial charge < -0.3 is 20.3 Å². The molecular formula is C16H16ClNO4. The van der Waals surface area contributed by atoms with Gasteiger partial charge in [-0.1, -0.05) is 29.8 Å². The van der Waals surface area contributed by atoms with E-state index in [0.29, 0.717) is 12.3 Å². The van der Waals surface area contributed by atoms with Crippen molar-refractivity contribution < 1.29 is 19.7 Å². The summed E-state index contributed by atoms with van der Waals surface area (Å²) in [5, 5.41) is 22.0. The predicted molar refractivity (Wildman–Crippen MR) is 84.8 cm³/mol. The number of ether oxygens (including phenoxy) is 1. The van der Waals surface area contributed by atoms with Gasteiger partial charge in [0.25, 0.3) is 0 Å². The monoisotopic (exact) mass is 321 g/mol. The van der Waals surface area contributed by atoms with Crippen molar-refractivity contribution in [1.82, 2.24) is 0 Å². The molecule has 1 atom stereocenters. The highest BCUT2D eigenvalue weighted by Crippen LogP contribution is 2.25. The van der Waals surface area contributed by atoms with Crippen LogP contribution in [0.5, 0.6) is 5.75 Å². The summed E-state index contributed by atoms with van der Waals surface area (Å²) in [5.41, 5.74) is 0.994. The zero-order chi connectivity index (χ0) is 15.9. The molecule has 1 unspecified atom stereocenters. The minimum absolute atomic E-state index is 0.0476. The van der Waals surface area contributed by atoms with Crippen LogP contribution in [0.2, 0.25) is 5.02 Å². The number of carboxylic acids is 1. The van der Waals surface area contributed by atoms with Crippen molar-refractivity contribution in [2.24, 2.45) is 0 Å². The van der Waals surface area contributed by atoms with Gasteiger partial charge in [-0.25, -0.2) is 4.79 Å². The van der Waals surface area contributed by atoms with Crippen molar-refractivity contribution in [1.29, 1.82) is 0 Å². The number of aliphatic hydroxyl groups excluding tert-OH is 1. The Morgan fingerprint density at radius 3 is 2.59 bits per heavy atom. The minimum Gasteiger partial charge on any atom is -0.489 e. The largest absolute Gasteiger partial charge is 0.489 e. The summed E-state index contributed by atoms with van der Waals surface area (Å²) < 4.78 is 5.41. The number of halogens is 1. The zero-order valence-electron chi connectivity index (χ0n) is 11.7. The maximum absolute atomic E-state index is 10.8. The molecule has 0 saturated carbocycles. The van der Waals surface area contributed by atoms with Gasteiger partial charge in [-0.2, -0.15) is 0 Å². The number of nitrogens with one attached hydrogen (secondary N) is 1. The van der Waals surface area contributed by atoms with Crippen LogP contribution in [0, 0.1) is 0 Å². The van der Waals surface area contributed by atoms with Crippen molar-refractivity contribution in [2.45, 2.75) is 6.10 Å². The van der Waals surface area contributed by atoms with E-state index in [9.17, 15) is 9.90 Å². The molecule has 5 nitrogen and oxygen atoms in total. The number of aliphatic hydroxyl groups is 1. The Morgan fingerprint density at radius 2 is 1.95 bits per heavy atom. The number of aromatic carboxylic acids is 1. The molecule has 0 aliphatic heterocycles. The number of carboxylic acid groups (broad SMARTS) is 1. The Balaban J connectivity index is 1.83. The summed E-state index contributed by atoms with van der Waals surface area (Å²) in [6, 6.07) is 13.7. The molecule has 0 fully saturated rings. The highest BCUT2D eigenvalue weighted by Gasteiger charge is 2.10. The van der Waals surface area contributed by atoms with Crippen LogP contribution < -0.4 is 10.1 Å². The van der Waals surface area contributed by atoms with E-state index in [0.717, 1.165) is 5.69 Å². The summed E-state index contributed by atoms with van der Waals surface area (Å²) in [6.07, 6.45) is -0.726. The van der Waals surface area contributed by atoms with Gasteiger partial charge in [-0.05, 0) is 30.3 Å². The van der Waals surface area contributed by atoms with Crippen molar-refractivity contribution in [2.75, 3.05) is 18.5 Å². The Morgan fingerprint density at radius 1 is 1.23 bits per heavy atom. The van der Waals surface area contributed by atoms with E-state index in [2.05, 4.69) is 5.32 Å². The van der Waals surface area contributed by atoms with E-state index in [1.165, 1.54) is 18.2 Å². The maximum atomic E-state index is 10.8. The molecule has 0 radical (unpaired) electrons. The lowest BCUT2D eigenvalue weighted by atomic mass is 10.2. The van der Waals surface area contributed by atoms with E-state index in [1.54, 1.807) is 0 Å². The molecule has 0 heterocycles. The van der Waals surface area contributed by atoms with Crippen molar-refractivity contribution >= 4 is 23.3 Å². The summed E-state index contributed by atoms with van der Waals surface area (Å²) >= 11 is 5.94. The summed E-state index contributed by atoms with van der Waals surface area (Å²) in [5.74, 6) is -0.717. The molecule has 0 spiro atoms. The van der Waals surface area contributed by atoms with Crippen LogP contribution in [0.15, 0.2) is 48.5 Å². The Labute approximate surface area is 133 Å². The second-order valence-corrected chi connectivity index (χ2v) is 5.07. The fourth-order valence-corrected chi connectivity index (χ4v) is 2.02. The quantitative estimate of drug-likeness (QED) is 0.731. The molecule has 6 heteroatoms. The minimum atomic E-state index is -1.06. The average molecular weight is 322 g/mol. The third kappa shape index (κ3) is 4.65. The summed E-state index contributed by atoms with van der Waals surface area (Å²) in [7, 11) is 0. The van der Waals surface area contributed by atoms with Gasteiger partial charge in [-0.15, -0.1) is 0 Å². The molecule has 22 heavy (non-hydrogen) atoms. The molecular weight excluding hydrogens is 306 g/mol. The molecule has 0 saturated heterocycles. The van der Waals surface area contributed by atoms with Crippen LogP contribution in [-0.4, -0.2) is 35.4 Å². The molecule has 0 amide bonds. The Kier molecular flexibility index (Phi) is 5.63. The van der Waals surface area contributed by atoms with Crippen LogP contribution in [0.3, 0.4) is 0 Å². The topological polar surface area (TPSA) is 78.8 Å². The first-order chi connectivity index (χ1) is 10.6. The molecule has 0 bridgehead atoms. The van der Waals surface area contributed by atoms with E-state index in [4.69, 9.17) is 21.4 Å². The molecule has 0 aromatic heterocycles. The molecule has 2 rings (SSSR count). The van der Waals surface area contributed by atoms with E-state index in [1.807, 2.05) is 30.3 Å². The van der Waals surface area contributed by atoms with Gasteiger partial charge in [0.05, 0.1) is 10.6 Å². The van der Waals surface area contributed by atoms with Gasteiger partial charge in [-0.3, -0.25) is 0 Å². The molecule has 2 aromatic rings. The van der Waals surface area contributed by atoms with Crippen LogP contribution in [0.1, 0.15) is 10.4 Å². The highest BCUT2D eigenvalue weighted by atomic mass is 35.5. The van der Waals surface area contributed by atoms with Crippen LogP contribution in [0.25, 0.3) is 0 Å². The average Bonchev–Trinajstić information content (AvgIpc) is 2.52. The number of rotatable bonds is 7. The fourth-order valence-electron chi connectivity index (χ4n) is 1.79. The van der Waals surface area contributed by atoms with Gasteiger partial charge in [0.1, 0.15) is 18.5 Å². The molecule has 0 aliphatic carbocycles. The van der Waals surface area contributed by atoms with Gasteiger partial charge in [0, 0.05) is 12.2 Å². The van der Waals surface area contributed by atoms with Gasteiger partial charge in [0.2, 0.25) is 0 Å². The first-order valence-electron chi connectivity index (χ1n) is 6.69. The highest BCUT2D eigenvalue weighted by molar-refractivity contribution is 6.32. The number of hydrogen-bond donors (Lipinski definition) is 3. The number of hydrogen-bond acceptors (Lipinski definition) is 4. The first kappa shape index (κ1) is 16.1. The lowest BCUT2D eigenvalue weighted by molar-refractivity contribution is 0.0696. The van der Waals surface area contributed by atoms with E-state index < -0.39 is 12.1 Å². The molecule has 0 aliphatic rings. The third-order valence-corrected chi connectivity index (χ3v) is 3.22. The van der Waals surface area contributed by atoms with Gasteiger partial charge >= 0.3 is 5.97 Å². The normalized spacial score (nSPS) is 11.7. The van der Waals surface area contributed by atoms with Gasteiger partial charge in [0.15, 0.2) is 0 Å². The predicted octanol–water partition coefficient (Wildman–Crippen LogP) is 2.89. The smallest absolute Gasteiger partial charge is 0.335 e.